The first-order valence-electron chi connectivity index (χ1n) is 10.6. The maximum Gasteiger partial charge on any atom is 0.416 e. The molecule has 0 bridgehead atoms. The Labute approximate surface area is 198 Å². The van der Waals surface area contributed by atoms with E-state index in [4.69, 9.17) is 9.26 Å². The average Bonchev–Trinajstić information content (AvgIpc) is 3.33. The fourth-order valence-electron chi connectivity index (χ4n) is 3.59. The highest BCUT2D eigenvalue weighted by molar-refractivity contribution is 7.99. The van der Waals surface area contributed by atoms with E-state index in [1.54, 1.807) is 7.11 Å². The summed E-state index contributed by atoms with van der Waals surface area (Å²) in [5, 5.41) is 3.77. The summed E-state index contributed by atoms with van der Waals surface area (Å²) in [4.78, 5) is 20.8. The molecule has 0 spiro atoms. The molecule has 7 nitrogen and oxygen atoms in total. The first-order valence-corrected chi connectivity index (χ1v) is 11.7. The van der Waals surface area contributed by atoms with Gasteiger partial charge >= 0.3 is 6.18 Å². The number of carbonyl (C=O) groups excluding carboxylic acids is 1. The number of ether oxygens (including phenoxy) is 1. The molecule has 1 aromatic heterocycles. The molecule has 2 aromatic carbocycles. The van der Waals surface area contributed by atoms with Crippen molar-refractivity contribution in [3.63, 3.8) is 0 Å². The number of hydrogen-bond acceptors (Lipinski definition) is 7. The molecule has 0 N–H and O–H groups in total. The Morgan fingerprint density at radius 2 is 1.85 bits per heavy atom. The monoisotopic (exact) mass is 492 g/mol. The smallest absolute Gasteiger partial charge is 0.416 e. The minimum absolute atomic E-state index is 0.0250. The number of anilines is 1. The molecule has 11 heteroatoms. The summed E-state index contributed by atoms with van der Waals surface area (Å²) in [6, 6.07) is 12.6. The number of alkyl halides is 3. The van der Waals surface area contributed by atoms with Crippen LogP contribution in [-0.4, -0.2) is 60.0 Å². The number of rotatable bonds is 7. The lowest BCUT2D eigenvalue weighted by Crippen LogP contribution is -2.49. The first-order chi connectivity index (χ1) is 16.3. The highest BCUT2D eigenvalue weighted by Gasteiger charge is 2.30. The van der Waals surface area contributed by atoms with Gasteiger partial charge in [-0.2, -0.15) is 18.2 Å². The van der Waals surface area contributed by atoms with Gasteiger partial charge in [0.25, 0.3) is 0 Å². The largest absolute Gasteiger partial charge is 0.497 e. The number of hydrogen-bond donors (Lipinski definition) is 0. The average molecular weight is 493 g/mol. The Balaban J connectivity index is 1.24. The van der Waals surface area contributed by atoms with E-state index >= 15 is 0 Å². The van der Waals surface area contributed by atoms with Crippen molar-refractivity contribution in [3.8, 4) is 17.1 Å². The van der Waals surface area contributed by atoms with E-state index in [9.17, 15) is 18.0 Å². The third-order valence-corrected chi connectivity index (χ3v) is 6.34. The van der Waals surface area contributed by atoms with Gasteiger partial charge in [0.2, 0.25) is 17.6 Å². The molecule has 1 aliphatic rings. The summed E-state index contributed by atoms with van der Waals surface area (Å²) in [6.45, 7) is 2.75. The molecular formula is C23H23F3N4O3S. The van der Waals surface area contributed by atoms with Crippen LogP contribution in [0.15, 0.2) is 53.1 Å². The molecular weight excluding hydrogens is 469 g/mol. The molecule has 0 aliphatic carbocycles. The molecule has 1 aliphatic heterocycles. The van der Waals surface area contributed by atoms with Gasteiger partial charge in [-0.1, -0.05) is 17.3 Å². The molecule has 0 saturated carbocycles. The van der Waals surface area contributed by atoms with Gasteiger partial charge in [-0.15, -0.1) is 11.8 Å². The van der Waals surface area contributed by atoms with Crippen molar-refractivity contribution in [3.05, 3.63) is 60.0 Å². The van der Waals surface area contributed by atoms with Crippen LogP contribution >= 0.6 is 11.8 Å². The molecule has 1 amide bonds. The van der Waals surface area contributed by atoms with E-state index in [1.165, 1.54) is 23.9 Å². The van der Waals surface area contributed by atoms with E-state index in [1.807, 2.05) is 29.2 Å². The Morgan fingerprint density at radius 3 is 2.53 bits per heavy atom. The Morgan fingerprint density at radius 1 is 1.12 bits per heavy atom. The van der Waals surface area contributed by atoms with Crippen LogP contribution in [0.5, 0.6) is 5.75 Å². The van der Waals surface area contributed by atoms with Crippen molar-refractivity contribution in [1.29, 1.82) is 0 Å². The number of benzene rings is 2. The zero-order valence-corrected chi connectivity index (χ0v) is 19.2. The number of piperazine rings is 1. The maximum absolute atomic E-state index is 12.9. The lowest BCUT2D eigenvalue weighted by Gasteiger charge is -2.36. The molecule has 0 radical (unpaired) electrons. The lowest BCUT2D eigenvalue weighted by atomic mass is 10.1. The predicted molar refractivity (Wildman–Crippen MR) is 123 cm³/mol. The number of aromatic nitrogens is 2. The van der Waals surface area contributed by atoms with E-state index in [-0.39, 0.29) is 28.9 Å². The predicted octanol–water partition coefficient (Wildman–Crippen LogP) is 4.35. The summed E-state index contributed by atoms with van der Waals surface area (Å²) >= 11 is 1.33. The number of methoxy groups -OCH3 is 1. The van der Waals surface area contributed by atoms with Crippen LogP contribution in [0, 0.1) is 0 Å². The molecule has 180 valence electrons. The van der Waals surface area contributed by atoms with Crippen molar-refractivity contribution in [1.82, 2.24) is 15.0 Å². The minimum atomic E-state index is -4.45. The van der Waals surface area contributed by atoms with Gasteiger partial charge in [0.05, 0.1) is 24.2 Å². The van der Waals surface area contributed by atoms with Crippen LogP contribution in [0.3, 0.4) is 0 Å². The molecule has 4 rings (SSSR count). The summed E-state index contributed by atoms with van der Waals surface area (Å²) in [7, 11) is 1.63. The molecule has 1 saturated heterocycles. The van der Waals surface area contributed by atoms with Crippen LogP contribution in [0.4, 0.5) is 18.9 Å². The van der Waals surface area contributed by atoms with Crippen LogP contribution in [-0.2, 0) is 16.7 Å². The van der Waals surface area contributed by atoms with E-state index in [0.29, 0.717) is 18.8 Å². The SMILES string of the molecule is COc1ccc(N2CCN(C(=O)CSCc3nc(-c4cccc(C(F)(F)F)c4)no3)CC2)cc1. The van der Waals surface area contributed by atoms with Gasteiger partial charge in [-0.25, -0.2) is 0 Å². The normalized spacial score (nSPS) is 14.4. The first kappa shape index (κ1) is 23.9. The van der Waals surface area contributed by atoms with Crippen molar-refractivity contribution in [2.75, 3.05) is 43.9 Å². The number of nitrogens with zero attached hydrogens (tertiary/aromatic N) is 4. The third kappa shape index (κ3) is 5.82. The van der Waals surface area contributed by atoms with Crippen LogP contribution in [0.25, 0.3) is 11.4 Å². The van der Waals surface area contributed by atoms with E-state index in [0.717, 1.165) is 36.7 Å². The van der Waals surface area contributed by atoms with Crippen molar-refractivity contribution in [2.45, 2.75) is 11.9 Å². The van der Waals surface area contributed by atoms with Gasteiger partial charge in [0, 0.05) is 37.4 Å². The zero-order chi connectivity index (χ0) is 24.1. The molecule has 34 heavy (non-hydrogen) atoms. The van der Waals surface area contributed by atoms with Gasteiger partial charge in [0.15, 0.2) is 0 Å². The highest BCUT2D eigenvalue weighted by atomic mass is 32.2. The summed E-state index contributed by atoms with van der Waals surface area (Å²) in [6.07, 6.45) is -4.45. The van der Waals surface area contributed by atoms with Crippen molar-refractivity contribution >= 4 is 23.4 Å². The van der Waals surface area contributed by atoms with E-state index < -0.39 is 11.7 Å². The van der Waals surface area contributed by atoms with Crippen LogP contribution in [0.2, 0.25) is 0 Å². The van der Waals surface area contributed by atoms with Crippen molar-refractivity contribution < 1.29 is 27.2 Å². The van der Waals surface area contributed by atoms with Gasteiger partial charge in [0.1, 0.15) is 5.75 Å². The molecule has 3 aromatic rings. The summed E-state index contributed by atoms with van der Waals surface area (Å²) in [5.74, 6) is 1.72. The van der Waals surface area contributed by atoms with Crippen molar-refractivity contribution in [2.24, 2.45) is 0 Å². The Hall–Kier alpha value is -3.21. The summed E-state index contributed by atoms with van der Waals surface area (Å²) < 4.78 is 49.1. The fraction of sp³-hybridized carbons (Fsp3) is 0.348. The molecule has 0 unspecified atom stereocenters. The Kier molecular flexibility index (Phi) is 7.30. The topological polar surface area (TPSA) is 71.7 Å². The molecule has 0 atom stereocenters. The minimum Gasteiger partial charge on any atom is -0.497 e. The quantitative estimate of drug-likeness (QED) is 0.486. The van der Waals surface area contributed by atoms with Gasteiger partial charge < -0.3 is 19.1 Å². The van der Waals surface area contributed by atoms with Crippen LogP contribution < -0.4 is 9.64 Å². The lowest BCUT2D eigenvalue weighted by molar-refractivity contribution is -0.137. The highest BCUT2D eigenvalue weighted by Crippen LogP contribution is 2.31. The fourth-order valence-corrected chi connectivity index (χ4v) is 4.34. The number of carbonyl (C=O) groups is 1. The number of thioether (sulfide) groups is 1. The molecule has 2 heterocycles. The maximum atomic E-state index is 12.9. The second kappa shape index (κ2) is 10.4. The standard InChI is InChI=1S/C23H23F3N4O3S/c1-32-19-7-5-18(6-8-19)29-9-11-30(12-10-29)21(31)15-34-14-20-27-22(28-33-20)16-3-2-4-17(13-16)23(24,25)26/h2-8,13H,9-12,14-15H2,1H3. The van der Waals surface area contributed by atoms with Gasteiger partial charge in [-0.05, 0) is 36.4 Å². The molecule has 1 fully saturated rings. The van der Waals surface area contributed by atoms with Gasteiger partial charge in [-0.3, -0.25) is 4.79 Å². The van der Waals surface area contributed by atoms with E-state index in [2.05, 4.69) is 15.0 Å². The van der Waals surface area contributed by atoms with Crippen LogP contribution in [0.1, 0.15) is 11.5 Å². The second-order valence-corrected chi connectivity index (χ2v) is 8.63. The third-order valence-electron chi connectivity index (χ3n) is 5.44. The zero-order valence-electron chi connectivity index (χ0n) is 18.4. The number of amides is 1. The second-order valence-electron chi connectivity index (χ2n) is 7.65. The summed E-state index contributed by atoms with van der Waals surface area (Å²) in [5.41, 5.74) is 0.541. The Bertz CT molecular complexity index is 1110. The number of halogens is 3.